The van der Waals surface area contributed by atoms with Crippen LogP contribution in [0, 0.1) is 0 Å². The molecule has 0 radical (unpaired) electrons. The number of hydrogen-bond donors (Lipinski definition) is 1. The molecule has 0 aliphatic carbocycles. The maximum absolute atomic E-state index is 12.0. The van der Waals surface area contributed by atoms with Crippen LogP contribution in [0.3, 0.4) is 0 Å². The normalized spacial score (nSPS) is 10.2. The molecule has 4 nitrogen and oxygen atoms in total. The number of aromatic nitrogens is 1. The predicted molar refractivity (Wildman–Crippen MR) is 66.5 cm³/mol. The molecule has 1 N–H and O–H groups in total. The van der Waals surface area contributed by atoms with E-state index in [0.29, 0.717) is 13.0 Å². The average molecular weight is 236 g/mol. The first kappa shape index (κ1) is 13.6. The molecule has 4 heteroatoms. The van der Waals surface area contributed by atoms with Crippen LogP contribution in [0.5, 0.6) is 0 Å². The summed E-state index contributed by atoms with van der Waals surface area (Å²) in [5, 5.41) is 8.95. The van der Waals surface area contributed by atoms with Crippen molar-refractivity contribution in [1.82, 2.24) is 9.88 Å². The molecule has 0 fully saturated rings. The number of pyridine rings is 1. The highest BCUT2D eigenvalue weighted by Crippen LogP contribution is 2.03. The first-order valence-electron chi connectivity index (χ1n) is 6.05. The summed E-state index contributed by atoms with van der Waals surface area (Å²) in [4.78, 5) is 17.6. The van der Waals surface area contributed by atoms with Gasteiger partial charge in [-0.25, -0.2) is 0 Å². The molecule has 0 saturated carbocycles. The maximum Gasteiger partial charge on any atom is 0.227 e. The monoisotopic (exact) mass is 236 g/mol. The molecule has 0 bridgehead atoms. The van der Waals surface area contributed by atoms with Gasteiger partial charge >= 0.3 is 0 Å². The van der Waals surface area contributed by atoms with Crippen molar-refractivity contribution in [3.05, 3.63) is 30.1 Å². The van der Waals surface area contributed by atoms with Crippen molar-refractivity contribution in [2.24, 2.45) is 0 Å². The Morgan fingerprint density at radius 3 is 2.65 bits per heavy atom. The highest BCUT2D eigenvalue weighted by molar-refractivity contribution is 5.78. The number of hydrogen-bond acceptors (Lipinski definition) is 3. The minimum absolute atomic E-state index is 0.0196. The SMILES string of the molecule is CCCCN(CCO)C(=O)Cc1ccncc1. The van der Waals surface area contributed by atoms with Gasteiger partial charge in [0.05, 0.1) is 13.0 Å². The van der Waals surface area contributed by atoms with E-state index in [-0.39, 0.29) is 12.5 Å². The molecular formula is C13H20N2O2. The van der Waals surface area contributed by atoms with Crippen molar-refractivity contribution in [2.75, 3.05) is 19.7 Å². The molecule has 0 aliphatic rings. The van der Waals surface area contributed by atoms with Gasteiger partial charge in [0, 0.05) is 25.5 Å². The van der Waals surface area contributed by atoms with Crippen molar-refractivity contribution in [3.8, 4) is 0 Å². The van der Waals surface area contributed by atoms with Crippen molar-refractivity contribution in [2.45, 2.75) is 26.2 Å². The summed E-state index contributed by atoms with van der Waals surface area (Å²) in [7, 11) is 0. The standard InChI is InChI=1S/C13H20N2O2/c1-2-3-8-15(9-10-16)13(17)11-12-4-6-14-7-5-12/h4-7,16H,2-3,8-11H2,1H3. The molecule has 1 aromatic heterocycles. The van der Waals surface area contributed by atoms with Gasteiger partial charge in [0.1, 0.15) is 0 Å². The Bertz CT molecular complexity index is 327. The van der Waals surface area contributed by atoms with E-state index in [2.05, 4.69) is 11.9 Å². The van der Waals surface area contributed by atoms with Gasteiger partial charge in [0.25, 0.3) is 0 Å². The van der Waals surface area contributed by atoms with E-state index in [9.17, 15) is 4.79 Å². The second-order valence-corrected chi connectivity index (χ2v) is 3.99. The third kappa shape index (κ3) is 4.95. The van der Waals surface area contributed by atoms with Crippen LogP contribution < -0.4 is 0 Å². The topological polar surface area (TPSA) is 53.4 Å². The third-order valence-electron chi connectivity index (χ3n) is 2.61. The molecule has 0 aliphatic heterocycles. The molecule has 0 unspecified atom stereocenters. The van der Waals surface area contributed by atoms with Crippen LogP contribution in [0.15, 0.2) is 24.5 Å². The number of unbranched alkanes of at least 4 members (excludes halogenated alkanes) is 1. The Hall–Kier alpha value is -1.42. The summed E-state index contributed by atoms with van der Waals surface area (Å²) >= 11 is 0. The zero-order valence-electron chi connectivity index (χ0n) is 10.3. The number of aliphatic hydroxyl groups is 1. The van der Waals surface area contributed by atoms with E-state index in [0.717, 1.165) is 24.9 Å². The Kier molecular flexibility index (Phi) is 6.25. The zero-order chi connectivity index (χ0) is 12.5. The van der Waals surface area contributed by atoms with E-state index in [1.54, 1.807) is 17.3 Å². The molecule has 0 aromatic carbocycles. The van der Waals surface area contributed by atoms with Gasteiger partial charge in [0.15, 0.2) is 0 Å². The molecule has 0 atom stereocenters. The van der Waals surface area contributed by atoms with Crippen molar-refractivity contribution in [3.63, 3.8) is 0 Å². The fourth-order valence-corrected chi connectivity index (χ4v) is 1.62. The average Bonchev–Trinajstić information content (AvgIpc) is 2.35. The lowest BCUT2D eigenvalue weighted by Gasteiger charge is -2.21. The van der Waals surface area contributed by atoms with E-state index in [4.69, 9.17) is 5.11 Å². The molecular weight excluding hydrogens is 216 g/mol. The number of carbonyl (C=O) groups excluding carboxylic acids is 1. The maximum atomic E-state index is 12.0. The van der Waals surface area contributed by atoms with Crippen LogP contribution in [-0.2, 0) is 11.2 Å². The number of aliphatic hydroxyl groups excluding tert-OH is 1. The second-order valence-electron chi connectivity index (χ2n) is 3.99. The largest absolute Gasteiger partial charge is 0.395 e. The summed E-state index contributed by atoms with van der Waals surface area (Å²) in [6, 6.07) is 3.68. The van der Waals surface area contributed by atoms with Crippen LogP contribution in [0.25, 0.3) is 0 Å². The molecule has 1 aromatic rings. The lowest BCUT2D eigenvalue weighted by atomic mass is 10.2. The second kappa shape index (κ2) is 7.79. The minimum Gasteiger partial charge on any atom is -0.395 e. The number of nitrogens with zero attached hydrogens (tertiary/aromatic N) is 2. The van der Waals surface area contributed by atoms with Crippen molar-refractivity contribution < 1.29 is 9.90 Å². The highest BCUT2D eigenvalue weighted by Gasteiger charge is 2.12. The third-order valence-corrected chi connectivity index (χ3v) is 2.61. The van der Waals surface area contributed by atoms with Crippen molar-refractivity contribution >= 4 is 5.91 Å². The first-order chi connectivity index (χ1) is 8.27. The lowest BCUT2D eigenvalue weighted by Crippen LogP contribution is -2.35. The van der Waals surface area contributed by atoms with Crippen LogP contribution in [0.2, 0.25) is 0 Å². The predicted octanol–water partition coefficient (Wildman–Crippen LogP) is 1.25. The van der Waals surface area contributed by atoms with Crippen LogP contribution in [0.1, 0.15) is 25.3 Å². The summed E-state index contributed by atoms with van der Waals surface area (Å²) in [6.45, 7) is 3.25. The first-order valence-corrected chi connectivity index (χ1v) is 6.05. The molecule has 1 rings (SSSR count). The lowest BCUT2D eigenvalue weighted by molar-refractivity contribution is -0.131. The van der Waals surface area contributed by atoms with Gasteiger partial charge in [-0.05, 0) is 24.1 Å². The van der Waals surface area contributed by atoms with Crippen LogP contribution in [0.4, 0.5) is 0 Å². The van der Waals surface area contributed by atoms with Gasteiger partial charge < -0.3 is 10.0 Å². The highest BCUT2D eigenvalue weighted by atomic mass is 16.3. The molecule has 0 saturated heterocycles. The van der Waals surface area contributed by atoms with E-state index < -0.39 is 0 Å². The number of carbonyl (C=O) groups is 1. The molecule has 1 amide bonds. The van der Waals surface area contributed by atoms with E-state index >= 15 is 0 Å². The Morgan fingerprint density at radius 1 is 1.35 bits per heavy atom. The smallest absolute Gasteiger partial charge is 0.227 e. The Labute approximate surface area is 102 Å². The Morgan fingerprint density at radius 2 is 2.06 bits per heavy atom. The fraction of sp³-hybridized carbons (Fsp3) is 0.538. The summed E-state index contributed by atoms with van der Waals surface area (Å²) in [6.07, 6.45) is 5.77. The van der Waals surface area contributed by atoms with Crippen LogP contribution >= 0.6 is 0 Å². The van der Waals surface area contributed by atoms with Gasteiger partial charge in [0.2, 0.25) is 5.91 Å². The Balaban J connectivity index is 2.52. The molecule has 17 heavy (non-hydrogen) atoms. The van der Waals surface area contributed by atoms with Gasteiger partial charge in [-0.15, -0.1) is 0 Å². The van der Waals surface area contributed by atoms with E-state index in [1.165, 1.54) is 0 Å². The van der Waals surface area contributed by atoms with Gasteiger partial charge in [-0.1, -0.05) is 13.3 Å². The zero-order valence-corrected chi connectivity index (χ0v) is 10.3. The fourth-order valence-electron chi connectivity index (χ4n) is 1.62. The van der Waals surface area contributed by atoms with Crippen molar-refractivity contribution in [1.29, 1.82) is 0 Å². The van der Waals surface area contributed by atoms with Gasteiger partial charge in [-0.2, -0.15) is 0 Å². The van der Waals surface area contributed by atoms with Gasteiger partial charge in [-0.3, -0.25) is 9.78 Å². The molecule has 1 heterocycles. The molecule has 94 valence electrons. The quantitative estimate of drug-likeness (QED) is 0.775. The number of rotatable bonds is 7. The van der Waals surface area contributed by atoms with Crippen LogP contribution in [-0.4, -0.2) is 40.6 Å². The summed E-state index contributed by atoms with van der Waals surface area (Å²) in [5.41, 5.74) is 0.962. The molecule has 0 spiro atoms. The minimum atomic E-state index is 0.0196. The number of amides is 1. The summed E-state index contributed by atoms with van der Waals surface area (Å²) < 4.78 is 0. The summed E-state index contributed by atoms with van der Waals surface area (Å²) in [5.74, 6) is 0.0682. The van der Waals surface area contributed by atoms with E-state index in [1.807, 2.05) is 12.1 Å².